The molecule has 1 atom stereocenters. The molecule has 0 bridgehead atoms. The molecule has 2 amide bonds. The number of rotatable bonds is 5. The molecule has 1 aromatic carbocycles. The number of piperidine rings is 1. The first-order valence-corrected chi connectivity index (χ1v) is 9.71. The van der Waals surface area contributed by atoms with Gasteiger partial charge < -0.3 is 9.80 Å². The lowest BCUT2D eigenvalue weighted by molar-refractivity contribution is -0.127. The van der Waals surface area contributed by atoms with E-state index in [1.807, 2.05) is 0 Å². The number of amides is 2. The van der Waals surface area contributed by atoms with Gasteiger partial charge in [0.05, 0.1) is 23.4 Å². The molecule has 0 radical (unpaired) electrons. The van der Waals surface area contributed by atoms with E-state index >= 15 is 0 Å². The van der Waals surface area contributed by atoms with Crippen molar-refractivity contribution in [2.24, 2.45) is 5.92 Å². The van der Waals surface area contributed by atoms with Crippen LogP contribution in [0, 0.1) is 17.2 Å². The fourth-order valence-electron chi connectivity index (χ4n) is 2.64. The molecular weight excluding hydrogens is 356 g/mol. The van der Waals surface area contributed by atoms with Crippen LogP contribution in [-0.2, 0) is 14.8 Å². The average molecular weight is 378 g/mol. The maximum absolute atomic E-state index is 12.6. The number of nitriles is 1. The predicted octanol–water partition coefficient (Wildman–Crippen LogP) is 0.429. The van der Waals surface area contributed by atoms with E-state index in [0.29, 0.717) is 13.1 Å². The third kappa shape index (κ3) is 4.80. The van der Waals surface area contributed by atoms with Crippen LogP contribution < -0.4 is 4.72 Å². The lowest BCUT2D eigenvalue weighted by atomic mass is 9.99. The fraction of sp³-hybridized carbons (Fsp3) is 0.471. The summed E-state index contributed by atoms with van der Waals surface area (Å²) in [6, 6.07) is 7.87. The Balaban J connectivity index is 2.15. The molecule has 9 heteroatoms. The van der Waals surface area contributed by atoms with Gasteiger partial charge in [0.1, 0.15) is 0 Å². The van der Waals surface area contributed by atoms with Crippen LogP contribution in [0.25, 0.3) is 0 Å². The Kier molecular flexibility index (Phi) is 6.34. The maximum Gasteiger partial charge on any atom is 0.253 e. The molecule has 1 N–H and O–H groups in total. The van der Waals surface area contributed by atoms with Gasteiger partial charge >= 0.3 is 0 Å². The summed E-state index contributed by atoms with van der Waals surface area (Å²) in [5.74, 6) is -0.874. The lowest BCUT2D eigenvalue weighted by Crippen LogP contribution is -2.39. The molecule has 1 aliphatic heterocycles. The molecule has 0 spiro atoms. The summed E-state index contributed by atoms with van der Waals surface area (Å²) in [6.07, 6.45) is 1.51. The molecule has 1 heterocycles. The molecule has 2 rings (SSSR count). The van der Waals surface area contributed by atoms with Gasteiger partial charge in [-0.25, -0.2) is 13.1 Å². The van der Waals surface area contributed by atoms with Crippen molar-refractivity contribution in [3.8, 4) is 6.07 Å². The average Bonchev–Trinajstić information content (AvgIpc) is 2.65. The van der Waals surface area contributed by atoms with Crippen molar-refractivity contribution in [1.29, 1.82) is 5.26 Å². The molecule has 8 nitrogen and oxygen atoms in total. The Labute approximate surface area is 153 Å². The van der Waals surface area contributed by atoms with Crippen molar-refractivity contribution in [3.05, 3.63) is 29.8 Å². The van der Waals surface area contributed by atoms with Crippen molar-refractivity contribution in [3.63, 3.8) is 0 Å². The number of carbonyl (C=O) groups excluding carboxylic acids is 2. The summed E-state index contributed by atoms with van der Waals surface area (Å²) in [5.41, 5.74) is 0.241. The first-order chi connectivity index (χ1) is 12.2. The van der Waals surface area contributed by atoms with Crippen molar-refractivity contribution < 1.29 is 18.0 Å². The third-order valence-corrected chi connectivity index (χ3v) is 5.59. The van der Waals surface area contributed by atoms with Crippen LogP contribution in [0.2, 0.25) is 0 Å². The largest absolute Gasteiger partial charge is 0.348 e. The smallest absolute Gasteiger partial charge is 0.253 e. The lowest BCUT2D eigenvalue weighted by Gasteiger charge is -2.29. The van der Waals surface area contributed by atoms with Gasteiger partial charge in [-0.15, -0.1) is 0 Å². The number of hydrogen-bond donors (Lipinski definition) is 1. The number of carbonyl (C=O) groups is 2. The summed E-state index contributed by atoms with van der Waals surface area (Å²) in [7, 11) is -0.850. The minimum atomic E-state index is -3.91. The summed E-state index contributed by atoms with van der Waals surface area (Å²) < 4.78 is 26.9. The van der Waals surface area contributed by atoms with Gasteiger partial charge in [-0.3, -0.25) is 9.59 Å². The minimum absolute atomic E-state index is 0.0799. The van der Waals surface area contributed by atoms with Crippen molar-refractivity contribution in [1.82, 2.24) is 14.5 Å². The van der Waals surface area contributed by atoms with Gasteiger partial charge in [-0.05, 0) is 31.0 Å². The predicted molar refractivity (Wildman–Crippen MR) is 94.6 cm³/mol. The maximum atomic E-state index is 12.6. The van der Waals surface area contributed by atoms with Crippen molar-refractivity contribution in [2.45, 2.75) is 17.7 Å². The van der Waals surface area contributed by atoms with E-state index in [0.717, 1.165) is 12.8 Å². The monoisotopic (exact) mass is 378 g/mol. The Morgan fingerprint density at radius 1 is 1.38 bits per heavy atom. The molecule has 140 valence electrons. The second-order valence-corrected chi connectivity index (χ2v) is 8.13. The summed E-state index contributed by atoms with van der Waals surface area (Å²) >= 11 is 0. The van der Waals surface area contributed by atoms with Gasteiger partial charge in [0.2, 0.25) is 15.9 Å². The number of likely N-dealkylation sites (N-methyl/N-ethyl adjacent to an activating group) is 1. The highest BCUT2D eigenvalue weighted by molar-refractivity contribution is 7.89. The summed E-state index contributed by atoms with van der Waals surface area (Å²) in [4.78, 5) is 27.0. The highest BCUT2D eigenvalue weighted by Gasteiger charge is 2.25. The summed E-state index contributed by atoms with van der Waals surface area (Å²) in [5, 5.41) is 9.05. The van der Waals surface area contributed by atoms with E-state index in [1.165, 1.54) is 37.2 Å². The minimum Gasteiger partial charge on any atom is -0.348 e. The van der Waals surface area contributed by atoms with Crippen LogP contribution in [0.4, 0.5) is 0 Å². The van der Waals surface area contributed by atoms with Gasteiger partial charge in [0.25, 0.3) is 5.91 Å². The number of sulfonamides is 1. The number of benzene rings is 1. The molecule has 0 unspecified atom stereocenters. The zero-order chi connectivity index (χ0) is 19.3. The van der Waals surface area contributed by atoms with E-state index in [2.05, 4.69) is 10.8 Å². The van der Waals surface area contributed by atoms with E-state index in [4.69, 9.17) is 5.26 Å². The Hall–Kier alpha value is -2.44. The molecule has 1 fully saturated rings. The van der Waals surface area contributed by atoms with Crippen LogP contribution in [0.1, 0.15) is 23.2 Å². The second kappa shape index (κ2) is 8.29. The van der Waals surface area contributed by atoms with Crippen molar-refractivity contribution in [2.75, 3.05) is 33.7 Å². The first-order valence-electron chi connectivity index (χ1n) is 8.23. The van der Waals surface area contributed by atoms with Gasteiger partial charge in [-0.2, -0.15) is 5.26 Å². The van der Waals surface area contributed by atoms with E-state index in [-0.39, 0.29) is 34.7 Å². The zero-order valence-electron chi connectivity index (χ0n) is 14.8. The Bertz CT molecular complexity index is 829. The van der Waals surface area contributed by atoms with Gasteiger partial charge in [0.15, 0.2) is 0 Å². The molecule has 26 heavy (non-hydrogen) atoms. The second-order valence-electron chi connectivity index (χ2n) is 6.36. The van der Waals surface area contributed by atoms with Crippen LogP contribution in [0.15, 0.2) is 29.2 Å². The van der Waals surface area contributed by atoms with E-state index < -0.39 is 10.0 Å². The summed E-state index contributed by atoms with van der Waals surface area (Å²) in [6.45, 7) is 0.537. The Morgan fingerprint density at radius 3 is 2.77 bits per heavy atom. The molecule has 1 aliphatic rings. The highest BCUT2D eigenvalue weighted by atomic mass is 32.2. The first kappa shape index (κ1) is 19.9. The molecule has 0 aromatic heterocycles. The van der Waals surface area contributed by atoms with Crippen LogP contribution >= 0.6 is 0 Å². The van der Waals surface area contributed by atoms with Gasteiger partial charge in [-0.1, -0.05) is 6.07 Å². The van der Waals surface area contributed by atoms with Crippen LogP contribution in [-0.4, -0.2) is 63.8 Å². The topological polar surface area (TPSA) is 111 Å². The highest BCUT2D eigenvalue weighted by Crippen LogP contribution is 2.19. The van der Waals surface area contributed by atoms with Gasteiger partial charge in [0, 0.05) is 32.7 Å². The molecular formula is C17H22N4O4S. The number of likely N-dealkylation sites (tertiary alicyclic amines) is 1. The van der Waals surface area contributed by atoms with Crippen molar-refractivity contribution >= 4 is 21.8 Å². The number of nitrogens with one attached hydrogen (secondary N) is 1. The molecule has 0 saturated carbocycles. The molecule has 0 aliphatic carbocycles. The number of hydrogen-bond acceptors (Lipinski definition) is 5. The Morgan fingerprint density at radius 2 is 2.12 bits per heavy atom. The van der Waals surface area contributed by atoms with Crippen LogP contribution in [0.3, 0.4) is 0 Å². The fourth-order valence-corrected chi connectivity index (χ4v) is 3.66. The van der Waals surface area contributed by atoms with Crippen LogP contribution in [0.5, 0.6) is 0 Å². The normalized spacial score (nSPS) is 17.4. The third-order valence-electron chi connectivity index (χ3n) is 4.19. The van der Waals surface area contributed by atoms with E-state index in [9.17, 15) is 18.0 Å². The quantitative estimate of drug-likeness (QED) is 0.799. The number of nitrogens with zero attached hydrogens (tertiary/aromatic N) is 3. The standard InChI is InChI=1S/C17H22N4O4S/c1-20(2)16(22)11-19-26(24,25)15-7-3-6-14(9-15)17(23)21-8-4-5-13(10-18)12-21/h3,6-7,9,13,19H,4-5,8,11-12H2,1-2H3/t13-/m1/s1. The van der Waals surface area contributed by atoms with E-state index in [1.54, 1.807) is 11.0 Å². The molecule has 1 saturated heterocycles. The molecule has 1 aromatic rings. The zero-order valence-corrected chi connectivity index (χ0v) is 15.6. The SMILES string of the molecule is CN(C)C(=O)CNS(=O)(=O)c1cccc(C(=O)N2CCC[C@H](C#N)C2)c1.